The zero-order chi connectivity index (χ0) is 21.8. The molecule has 2 rings (SSSR count). The third kappa shape index (κ3) is 7.67. The highest BCUT2D eigenvalue weighted by atomic mass is 32.2. The van der Waals surface area contributed by atoms with Crippen LogP contribution in [0.4, 0.5) is 0 Å². The van der Waals surface area contributed by atoms with Gasteiger partial charge in [-0.3, -0.25) is 4.79 Å². The molecule has 0 saturated heterocycles. The van der Waals surface area contributed by atoms with Gasteiger partial charge in [-0.15, -0.1) is 5.10 Å². The van der Waals surface area contributed by atoms with Crippen molar-refractivity contribution in [2.75, 3.05) is 20.8 Å². The van der Waals surface area contributed by atoms with Crippen molar-refractivity contribution in [2.24, 2.45) is 15.9 Å². The first-order chi connectivity index (χ1) is 14.5. The average Bonchev–Trinajstić information content (AvgIpc) is 2.76. The summed E-state index contributed by atoms with van der Waals surface area (Å²) in [7, 11) is 3.04. The lowest BCUT2D eigenvalue weighted by Crippen LogP contribution is -2.06. The predicted molar refractivity (Wildman–Crippen MR) is 119 cm³/mol. The number of carbonyl (C=O) groups is 1. The lowest BCUT2D eigenvalue weighted by molar-refractivity contribution is -0.137. The number of aliphatic carboxylic acids is 1. The maximum atomic E-state index is 10.6. The number of hydrogen-bond acceptors (Lipinski definition) is 7. The molecular weight excluding hydrogens is 406 g/mol. The lowest BCUT2D eigenvalue weighted by Gasteiger charge is -2.13. The van der Waals surface area contributed by atoms with Gasteiger partial charge in [0.15, 0.2) is 5.17 Å². The fraction of sp³-hybridized carbons (Fsp3) is 0.286. The van der Waals surface area contributed by atoms with Crippen LogP contribution >= 0.6 is 11.8 Å². The van der Waals surface area contributed by atoms with Crippen molar-refractivity contribution in [2.45, 2.75) is 18.6 Å². The van der Waals surface area contributed by atoms with Gasteiger partial charge in [0.25, 0.3) is 0 Å². The molecule has 0 unspecified atom stereocenters. The van der Waals surface area contributed by atoms with E-state index in [2.05, 4.69) is 10.2 Å². The number of nitrogens with two attached hydrogens (primary N) is 1. The van der Waals surface area contributed by atoms with Crippen LogP contribution in [0.25, 0.3) is 0 Å². The summed E-state index contributed by atoms with van der Waals surface area (Å²) >= 11 is 1.39. The van der Waals surface area contributed by atoms with Crippen molar-refractivity contribution in [1.29, 1.82) is 0 Å². The average molecular weight is 432 g/mol. The van der Waals surface area contributed by atoms with Gasteiger partial charge in [-0.05, 0) is 12.0 Å². The van der Waals surface area contributed by atoms with Gasteiger partial charge in [-0.1, -0.05) is 42.1 Å². The Morgan fingerprint density at radius 3 is 2.43 bits per heavy atom. The number of thioether (sulfide) groups is 1. The van der Waals surface area contributed by atoms with Crippen molar-refractivity contribution in [1.82, 2.24) is 0 Å². The molecule has 0 atom stereocenters. The SMILES string of the molecule is COc1cc(OCCCC(=O)O)cc(OC)c1C=NN=C(N)SCc1ccccc1. The molecule has 2 aromatic rings. The summed E-state index contributed by atoms with van der Waals surface area (Å²) in [5, 5.41) is 17.1. The largest absolute Gasteiger partial charge is 0.496 e. The van der Waals surface area contributed by atoms with Crippen molar-refractivity contribution < 1.29 is 24.1 Å². The van der Waals surface area contributed by atoms with E-state index in [-0.39, 0.29) is 13.0 Å². The number of nitrogens with zero attached hydrogens (tertiary/aromatic N) is 2. The van der Waals surface area contributed by atoms with E-state index in [1.807, 2.05) is 30.3 Å². The number of hydrogen-bond donors (Lipinski definition) is 2. The van der Waals surface area contributed by atoms with E-state index in [1.165, 1.54) is 32.2 Å². The Morgan fingerprint density at radius 1 is 1.17 bits per heavy atom. The minimum Gasteiger partial charge on any atom is -0.496 e. The lowest BCUT2D eigenvalue weighted by atomic mass is 10.2. The summed E-state index contributed by atoms with van der Waals surface area (Å²) in [6.45, 7) is 0.269. The van der Waals surface area contributed by atoms with Crippen LogP contribution in [-0.4, -0.2) is 43.3 Å². The van der Waals surface area contributed by atoms with E-state index in [9.17, 15) is 4.79 Å². The Bertz CT molecular complexity index is 862. The summed E-state index contributed by atoms with van der Waals surface area (Å²) in [5.74, 6) is 1.32. The van der Waals surface area contributed by atoms with Gasteiger partial charge in [-0.2, -0.15) is 5.10 Å². The van der Waals surface area contributed by atoms with Gasteiger partial charge in [-0.25, -0.2) is 0 Å². The van der Waals surface area contributed by atoms with Crippen LogP contribution < -0.4 is 19.9 Å². The van der Waals surface area contributed by atoms with E-state index >= 15 is 0 Å². The minimum atomic E-state index is -0.859. The Hall–Kier alpha value is -3.20. The standard InChI is InChI=1S/C21H25N3O5S/c1-27-18-11-16(29-10-6-9-20(25)26)12-19(28-2)17(18)13-23-24-21(22)30-14-15-7-4-3-5-8-15/h3-5,7-8,11-13H,6,9-10,14H2,1-2H3,(H2,22,24)(H,25,26). The maximum Gasteiger partial charge on any atom is 0.303 e. The highest BCUT2D eigenvalue weighted by molar-refractivity contribution is 8.13. The highest BCUT2D eigenvalue weighted by Crippen LogP contribution is 2.33. The van der Waals surface area contributed by atoms with Crippen LogP contribution in [0.2, 0.25) is 0 Å². The molecule has 8 nitrogen and oxygen atoms in total. The Balaban J connectivity index is 2.04. The van der Waals surface area contributed by atoms with E-state index in [0.29, 0.717) is 40.2 Å². The molecule has 0 heterocycles. The zero-order valence-electron chi connectivity index (χ0n) is 16.9. The number of carboxylic acid groups (broad SMARTS) is 1. The molecule has 0 fully saturated rings. The molecular formula is C21H25N3O5S. The Morgan fingerprint density at radius 2 is 1.83 bits per heavy atom. The van der Waals surface area contributed by atoms with Crippen LogP contribution in [-0.2, 0) is 10.5 Å². The molecule has 0 aliphatic heterocycles. The summed E-state index contributed by atoms with van der Waals surface area (Å²) in [6.07, 6.45) is 1.94. The molecule has 0 spiro atoms. The molecule has 30 heavy (non-hydrogen) atoms. The second-order valence-corrected chi connectivity index (χ2v) is 7.04. The third-order valence-electron chi connectivity index (χ3n) is 3.89. The topological polar surface area (TPSA) is 116 Å². The van der Waals surface area contributed by atoms with Crippen LogP contribution in [0.15, 0.2) is 52.7 Å². The fourth-order valence-electron chi connectivity index (χ4n) is 2.44. The molecule has 0 radical (unpaired) electrons. The number of rotatable bonds is 11. The smallest absolute Gasteiger partial charge is 0.303 e. The first-order valence-electron chi connectivity index (χ1n) is 9.17. The van der Waals surface area contributed by atoms with Crippen LogP contribution in [0, 0.1) is 0 Å². The monoisotopic (exact) mass is 431 g/mol. The first-order valence-corrected chi connectivity index (χ1v) is 10.2. The van der Waals surface area contributed by atoms with E-state index in [4.69, 9.17) is 25.1 Å². The second kappa shape index (κ2) is 12.4. The molecule has 0 bridgehead atoms. The van der Waals surface area contributed by atoms with Crippen molar-refractivity contribution in [3.8, 4) is 17.2 Å². The number of amidine groups is 1. The van der Waals surface area contributed by atoms with Crippen molar-refractivity contribution >= 4 is 29.1 Å². The van der Waals surface area contributed by atoms with Crippen molar-refractivity contribution in [3.63, 3.8) is 0 Å². The summed E-state index contributed by atoms with van der Waals surface area (Å²) in [4.78, 5) is 10.6. The highest BCUT2D eigenvalue weighted by Gasteiger charge is 2.12. The minimum absolute atomic E-state index is 0.0424. The van der Waals surface area contributed by atoms with Gasteiger partial charge in [0.1, 0.15) is 17.2 Å². The number of benzene rings is 2. The predicted octanol–water partition coefficient (Wildman–Crippen LogP) is 3.53. The maximum absolute atomic E-state index is 10.6. The van der Waals surface area contributed by atoms with E-state index in [0.717, 1.165) is 5.56 Å². The zero-order valence-corrected chi connectivity index (χ0v) is 17.7. The molecule has 0 aromatic heterocycles. The molecule has 0 aliphatic carbocycles. The van der Waals surface area contributed by atoms with Gasteiger partial charge < -0.3 is 25.1 Å². The molecule has 9 heteroatoms. The summed E-state index contributed by atoms with van der Waals surface area (Å²) in [5.41, 5.74) is 7.65. The normalized spacial score (nSPS) is 11.5. The quantitative estimate of drug-likeness (QED) is 0.242. The molecule has 0 amide bonds. The second-order valence-electron chi connectivity index (χ2n) is 6.04. The summed E-state index contributed by atoms with van der Waals surface area (Å²) in [6, 6.07) is 13.3. The van der Waals surface area contributed by atoms with Gasteiger partial charge in [0.2, 0.25) is 0 Å². The molecule has 160 valence electrons. The number of carboxylic acids is 1. The number of methoxy groups -OCH3 is 2. The van der Waals surface area contributed by atoms with E-state index < -0.39 is 5.97 Å². The summed E-state index contributed by atoms with van der Waals surface area (Å²) < 4.78 is 16.4. The molecule has 2 aromatic carbocycles. The Kier molecular flexibility index (Phi) is 9.53. The van der Waals surface area contributed by atoms with Crippen LogP contribution in [0.1, 0.15) is 24.0 Å². The molecule has 0 aliphatic rings. The number of ether oxygens (including phenoxy) is 3. The van der Waals surface area contributed by atoms with E-state index in [1.54, 1.807) is 12.1 Å². The van der Waals surface area contributed by atoms with Crippen molar-refractivity contribution in [3.05, 3.63) is 53.6 Å². The van der Waals surface area contributed by atoms with Gasteiger partial charge in [0.05, 0.1) is 32.6 Å². The fourth-order valence-corrected chi connectivity index (χ4v) is 3.05. The Labute approximate surface area is 179 Å². The molecule has 0 saturated carbocycles. The van der Waals surface area contributed by atoms with Gasteiger partial charge in [0, 0.05) is 24.3 Å². The van der Waals surface area contributed by atoms with Crippen LogP contribution in [0.3, 0.4) is 0 Å². The molecule has 3 N–H and O–H groups in total. The third-order valence-corrected chi connectivity index (χ3v) is 4.75. The van der Waals surface area contributed by atoms with Crippen LogP contribution in [0.5, 0.6) is 17.2 Å². The van der Waals surface area contributed by atoms with Gasteiger partial charge >= 0.3 is 5.97 Å². The first kappa shape index (κ1) is 23.1.